The largest absolute Gasteiger partial charge is 0.352 e. The fourth-order valence-corrected chi connectivity index (χ4v) is 5.67. The topological polar surface area (TPSA) is 86.8 Å². The van der Waals surface area contributed by atoms with E-state index in [4.69, 9.17) is 0 Å². The summed E-state index contributed by atoms with van der Waals surface area (Å²) in [5.74, 6) is -0.753. The number of hydrogen-bond donors (Lipinski definition) is 1. The van der Waals surface area contributed by atoms with Crippen LogP contribution < -0.4 is 9.62 Å². The van der Waals surface area contributed by atoms with Crippen LogP contribution in [0.5, 0.6) is 0 Å². The number of amides is 2. The van der Waals surface area contributed by atoms with Gasteiger partial charge < -0.3 is 10.2 Å². The minimum Gasteiger partial charge on any atom is -0.352 e. The Balaban J connectivity index is 2.05. The second-order valence-corrected chi connectivity index (χ2v) is 11.9. The predicted octanol–water partition coefficient (Wildman–Crippen LogP) is 5.14. The molecule has 2 atom stereocenters. The standard InChI is InChI=1S/C31H39N3O4S/c1-7-24(4)32-31(36)26(6)33(20-27-18-16-22(2)17-19-27)30(35)21-34(29-15-11-12-23(3)25(29)5)39(37,38)28-13-9-8-10-14-28/h8-19,24,26H,7,20-21H2,1-6H3,(H,32,36)/t24-,26-/m1/s1. The van der Waals surface area contributed by atoms with E-state index in [0.29, 0.717) is 5.69 Å². The Hall–Kier alpha value is -3.65. The zero-order valence-corrected chi connectivity index (χ0v) is 24.5. The lowest BCUT2D eigenvalue weighted by Crippen LogP contribution is -2.52. The number of nitrogens with one attached hydrogen (secondary N) is 1. The number of benzene rings is 3. The molecule has 0 bridgehead atoms. The number of carbonyl (C=O) groups is 2. The number of anilines is 1. The van der Waals surface area contributed by atoms with Crippen LogP contribution in [0.4, 0.5) is 5.69 Å². The van der Waals surface area contributed by atoms with E-state index < -0.39 is 28.5 Å². The number of aryl methyl sites for hydroxylation is 2. The monoisotopic (exact) mass is 549 g/mol. The highest BCUT2D eigenvalue weighted by Crippen LogP contribution is 2.29. The third kappa shape index (κ3) is 7.26. The van der Waals surface area contributed by atoms with Gasteiger partial charge in [-0.2, -0.15) is 0 Å². The van der Waals surface area contributed by atoms with Gasteiger partial charge in [0, 0.05) is 12.6 Å². The van der Waals surface area contributed by atoms with E-state index in [1.165, 1.54) is 17.0 Å². The molecule has 3 aromatic carbocycles. The van der Waals surface area contributed by atoms with Crippen molar-refractivity contribution < 1.29 is 18.0 Å². The number of carbonyl (C=O) groups excluding carboxylic acids is 2. The maximum atomic E-state index is 14.0. The summed E-state index contributed by atoms with van der Waals surface area (Å²) >= 11 is 0. The lowest BCUT2D eigenvalue weighted by Gasteiger charge is -2.33. The van der Waals surface area contributed by atoms with Crippen LogP contribution in [-0.4, -0.2) is 43.8 Å². The van der Waals surface area contributed by atoms with Crippen molar-refractivity contribution in [3.63, 3.8) is 0 Å². The van der Waals surface area contributed by atoms with Crippen molar-refractivity contribution in [2.24, 2.45) is 0 Å². The van der Waals surface area contributed by atoms with Crippen molar-refractivity contribution >= 4 is 27.5 Å². The zero-order valence-electron chi connectivity index (χ0n) is 23.6. The fourth-order valence-electron chi connectivity index (χ4n) is 4.18. The first-order valence-corrected chi connectivity index (χ1v) is 14.7. The average molecular weight is 550 g/mol. The first-order chi connectivity index (χ1) is 18.4. The molecule has 0 radical (unpaired) electrons. The Morgan fingerprint density at radius 3 is 2.13 bits per heavy atom. The lowest BCUT2D eigenvalue weighted by molar-refractivity contribution is -0.139. The van der Waals surface area contributed by atoms with Gasteiger partial charge >= 0.3 is 0 Å². The van der Waals surface area contributed by atoms with Gasteiger partial charge in [-0.3, -0.25) is 13.9 Å². The molecule has 0 heterocycles. The van der Waals surface area contributed by atoms with Gasteiger partial charge in [-0.15, -0.1) is 0 Å². The van der Waals surface area contributed by atoms with Crippen molar-refractivity contribution in [1.82, 2.24) is 10.2 Å². The summed E-state index contributed by atoms with van der Waals surface area (Å²) in [6, 6.07) is 20.3. The molecule has 0 spiro atoms. The summed E-state index contributed by atoms with van der Waals surface area (Å²) in [7, 11) is -4.08. The van der Waals surface area contributed by atoms with Crippen molar-refractivity contribution in [2.45, 2.75) is 71.5 Å². The molecule has 0 saturated heterocycles. The van der Waals surface area contributed by atoms with Crippen LogP contribution in [0.25, 0.3) is 0 Å². The van der Waals surface area contributed by atoms with Crippen LogP contribution in [0.2, 0.25) is 0 Å². The molecule has 3 aromatic rings. The van der Waals surface area contributed by atoms with Gasteiger partial charge in [-0.05, 0) is 75.9 Å². The van der Waals surface area contributed by atoms with Crippen molar-refractivity contribution in [3.8, 4) is 0 Å². The number of hydrogen-bond acceptors (Lipinski definition) is 4. The Bertz CT molecular complexity index is 1390. The quantitative estimate of drug-likeness (QED) is 0.359. The second kappa shape index (κ2) is 12.9. The smallest absolute Gasteiger partial charge is 0.264 e. The summed E-state index contributed by atoms with van der Waals surface area (Å²) in [4.78, 5) is 28.7. The predicted molar refractivity (Wildman–Crippen MR) is 156 cm³/mol. The molecule has 1 N–H and O–H groups in total. The van der Waals surface area contributed by atoms with Gasteiger partial charge in [0.1, 0.15) is 12.6 Å². The van der Waals surface area contributed by atoms with Crippen LogP contribution in [0, 0.1) is 20.8 Å². The lowest BCUT2D eigenvalue weighted by atomic mass is 10.1. The summed E-state index contributed by atoms with van der Waals surface area (Å²) in [5.41, 5.74) is 4.03. The molecule has 8 heteroatoms. The first-order valence-electron chi connectivity index (χ1n) is 13.2. The van der Waals surface area contributed by atoms with Gasteiger partial charge in [-0.1, -0.05) is 67.1 Å². The minimum absolute atomic E-state index is 0.0545. The van der Waals surface area contributed by atoms with Crippen molar-refractivity contribution in [1.29, 1.82) is 0 Å². The molecule has 0 fully saturated rings. The van der Waals surface area contributed by atoms with E-state index >= 15 is 0 Å². The Morgan fingerprint density at radius 1 is 0.872 bits per heavy atom. The van der Waals surface area contributed by atoms with Crippen LogP contribution in [0.1, 0.15) is 49.4 Å². The van der Waals surface area contributed by atoms with E-state index in [0.717, 1.165) is 33.0 Å². The highest BCUT2D eigenvalue weighted by Gasteiger charge is 2.33. The molecule has 0 unspecified atom stereocenters. The van der Waals surface area contributed by atoms with Gasteiger partial charge in [0.25, 0.3) is 10.0 Å². The van der Waals surface area contributed by atoms with Crippen molar-refractivity contribution in [3.05, 3.63) is 95.1 Å². The van der Waals surface area contributed by atoms with Gasteiger partial charge in [0.05, 0.1) is 10.6 Å². The molecule has 3 rings (SSSR count). The first kappa shape index (κ1) is 29.9. The third-order valence-corrected chi connectivity index (χ3v) is 8.87. The highest BCUT2D eigenvalue weighted by molar-refractivity contribution is 7.92. The fraction of sp³-hybridized carbons (Fsp3) is 0.355. The van der Waals surface area contributed by atoms with E-state index in [1.54, 1.807) is 37.3 Å². The summed E-state index contributed by atoms with van der Waals surface area (Å²) in [5, 5.41) is 2.95. The SMILES string of the molecule is CC[C@@H](C)NC(=O)[C@@H](C)N(Cc1ccc(C)cc1)C(=O)CN(c1cccc(C)c1C)S(=O)(=O)c1ccccc1. The number of rotatable bonds is 11. The molecule has 208 valence electrons. The second-order valence-electron chi connectivity index (χ2n) is 10.0. The molecule has 0 aliphatic heterocycles. The van der Waals surface area contributed by atoms with E-state index in [2.05, 4.69) is 5.32 Å². The molecular weight excluding hydrogens is 510 g/mol. The summed E-state index contributed by atoms with van der Waals surface area (Å²) < 4.78 is 29.0. The normalized spacial score (nSPS) is 12.9. The highest BCUT2D eigenvalue weighted by atomic mass is 32.2. The molecular formula is C31H39N3O4S. The maximum Gasteiger partial charge on any atom is 0.264 e. The molecule has 39 heavy (non-hydrogen) atoms. The molecule has 0 saturated carbocycles. The van der Waals surface area contributed by atoms with E-state index in [1.807, 2.05) is 65.0 Å². The van der Waals surface area contributed by atoms with Crippen molar-refractivity contribution in [2.75, 3.05) is 10.8 Å². The number of sulfonamides is 1. The zero-order chi connectivity index (χ0) is 28.7. The molecule has 0 aliphatic rings. The Kier molecular flexibility index (Phi) is 9.92. The van der Waals surface area contributed by atoms with Gasteiger partial charge in [0.15, 0.2) is 0 Å². The van der Waals surface area contributed by atoms with Gasteiger partial charge in [0.2, 0.25) is 11.8 Å². The maximum absolute atomic E-state index is 14.0. The molecule has 7 nitrogen and oxygen atoms in total. The third-order valence-electron chi connectivity index (χ3n) is 7.10. The summed E-state index contributed by atoms with van der Waals surface area (Å²) in [6.45, 7) is 11.0. The average Bonchev–Trinajstić information content (AvgIpc) is 2.92. The summed E-state index contributed by atoms with van der Waals surface area (Å²) in [6.07, 6.45) is 0.750. The number of nitrogens with zero attached hydrogens (tertiary/aromatic N) is 2. The van der Waals surface area contributed by atoms with Crippen LogP contribution in [0.3, 0.4) is 0 Å². The van der Waals surface area contributed by atoms with Gasteiger partial charge in [-0.25, -0.2) is 8.42 Å². The minimum atomic E-state index is -4.08. The van der Waals surface area contributed by atoms with Crippen LogP contribution in [0.15, 0.2) is 77.7 Å². The molecule has 0 aromatic heterocycles. The van der Waals surface area contributed by atoms with Crippen LogP contribution >= 0.6 is 0 Å². The van der Waals surface area contributed by atoms with Crippen LogP contribution in [-0.2, 0) is 26.2 Å². The molecule has 0 aliphatic carbocycles. The van der Waals surface area contributed by atoms with E-state index in [-0.39, 0.29) is 23.4 Å². The Labute approximate surface area is 232 Å². The molecule has 2 amide bonds. The Morgan fingerprint density at radius 2 is 1.51 bits per heavy atom. The van der Waals surface area contributed by atoms with E-state index in [9.17, 15) is 18.0 Å².